The lowest BCUT2D eigenvalue weighted by Gasteiger charge is -2.15. The first-order valence-corrected chi connectivity index (χ1v) is 10.3. The number of likely N-dealkylation sites (tertiary alicyclic amines) is 1. The van der Waals surface area contributed by atoms with Gasteiger partial charge in [-0.25, -0.2) is 0 Å². The van der Waals surface area contributed by atoms with Crippen molar-refractivity contribution < 1.29 is 14.0 Å². The molecule has 0 saturated carbocycles. The third-order valence-corrected chi connectivity index (χ3v) is 5.56. The molecular formula is C24H26N2O3. The average Bonchev–Trinajstić information content (AvgIpc) is 3.42. The molecule has 0 radical (unpaired) electrons. The van der Waals surface area contributed by atoms with Crippen molar-refractivity contribution in [3.63, 3.8) is 0 Å². The molecule has 0 bridgehead atoms. The number of carbonyl (C=O) groups is 2. The number of carbonyl (C=O) groups excluding carboxylic acids is 2. The number of aryl methyl sites for hydroxylation is 1. The number of fused-ring (bicyclic) bond motifs is 1. The van der Waals surface area contributed by atoms with Gasteiger partial charge in [0.2, 0.25) is 5.91 Å². The van der Waals surface area contributed by atoms with Crippen molar-refractivity contribution in [2.75, 3.05) is 13.1 Å². The standard InChI is InChI=1S/C24H26N2O3/c1-2-17-7-10-21-20(16-29-22(21)13-17)14-23(27)25-15-18-5-8-19(9-6-18)24(28)26-11-3-4-12-26/h5-10,13,16H,2-4,11-12,14-15H2,1H3,(H,25,27). The molecule has 1 saturated heterocycles. The highest BCUT2D eigenvalue weighted by Gasteiger charge is 2.19. The van der Waals surface area contributed by atoms with Crippen LogP contribution in [0.25, 0.3) is 11.0 Å². The highest BCUT2D eigenvalue weighted by molar-refractivity contribution is 5.94. The number of benzene rings is 2. The van der Waals surface area contributed by atoms with Crippen LogP contribution >= 0.6 is 0 Å². The van der Waals surface area contributed by atoms with Gasteiger partial charge < -0.3 is 14.6 Å². The summed E-state index contributed by atoms with van der Waals surface area (Å²) in [4.78, 5) is 26.7. The Hall–Kier alpha value is -3.08. The Morgan fingerprint density at radius 2 is 1.76 bits per heavy atom. The minimum Gasteiger partial charge on any atom is -0.464 e. The van der Waals surface area contributed by atoms with Gasteiger partial charge in [0.25, 0.3) is 5.91 Å². The van der Waals surface area contributed by atoms with Gasteiger partial charge in [0.15, 0.2) is 0 Å². The zero-order valence-electron chi connectivity index (χ0n) is 16.7. The number of hydrogen-bond acceptors (Lipinski definition) is 3. The SMILES string of the molecule is CCc1ccc2c(CC(=O)NCc3ccc(C(=O)N4CCCC4)cc3)coc2c1. The lowest BCUT2D eigenvalue weighted by Crippen LogP contribution is -2.27. The molecule has 4 rings (SSSR count). The number of nitrogens with zero attached hydrogens (tertiary/aromatic N) is 1. The van der Waals surface area contributed by atoms with Gasteiger partial charge >= 0.3 is 0 Å². The zero-order chi connectivity index (χ0) is 20.2. The molecule has 1 aliphatic heterocycles. The van der Waals surface area contributed by atoms with Crippen LogP contribution in [0.1, 0.15) is 46.8 Å². The van der Waals surface area contributed by atoms with Crippen LogP contribution in [0.2, 0.25) is 0 Å². The van der Waals surface area contributed by atoms with Crippen LogP contribution in [0, 0.1) is 0 Å². The third kappa shape index (κ3) is 4.34. The van der Waals surface area contributed by atoms with Crippen LogP contribution in [0.3, 0.4) is 0 Å². The van der Waals surface area contributed by atoms with E-state index in [2.05, 4.69) is 18.3 Å². The Morgan fingerprint density at radius 1 is 1.03 bits per heavy atom. The van der Waals surface area contributed by atoms with E-state index in [1.807, 2.05) is 41.3 Å². The fraction of sp³-hybridized carbons (Fsp3) is 0.333. The van der Waals surface area contributed by atoms with E-state index < -0.39 is 0 Å². The van der Waals surface area contributed by atoms with E-state index in [4.69, 9.17) is 4.42 Å². The first-order chi connectivity index (χ1) is 14.1. The molecule has 2 amide bonds. The molecule has 1 aromatic heterocycles. The predicted octanol–water partition coefficient (Wildman–Crippen LogP) is 4.09. The summed E-state index contributed by atoms with van der Waals surface area (Å²) in [5.41, 5.74) is 4.62. The summed E-state index contributed by atoms with van der Waals surface area (Å²) in [5, 5.41) is 3.94. The maximum atomic E-state index is 12.4. The Bertz CT molecular complexity index is 1010. The summed E-state index contributed by atoms with van der Waals surface area (Å²) in [5.74, 6) is 0.0423. The normalized spacial score (nSPS) is 13.8. The van der Waals surface area contributed by atoms with Gasteiger partial charge in [-0.15, -0.1) is 0 Å². The van der Waals surface area contributed by atoms with Crippen molar-refractivity contribution in [1.29, 1.82) is 0 Å². The maximum Gasteiger partial charge on any atom is 0.253 e. The Labute approximate surface area is 170 Å². The number of hydrogen-bond donors (Lipinski definition) is 1. The van der Waals surface area contributed by atoms with E-state index in [0.29, 0.717) is 12.1 Å². The molecule has 2 heterocycles. The highest BCUT2D eigenvalue weighted by Crippen LogP contribution is 2.23. The average molecular weight is 390 g/mol. The zero-order valence-corrected chi connectivity index (χ0v) is 16.7. The van der Waals surface area contributed by atoms with Gasteiger partial charge in [-0.3, -0.25) is 9.59 Å². The molecular weight excluding hydrogens is 364 g/mol. The molecule has 0 spiro atoms. The van der Waals surface area contributed by atoms with Crippen molar-refractivity contribution in [2.45, 2.75) is 39.2 Å². The van der Waals surface area contributed by atoms with Crippen molar-refractivity contribution in [1.82, 2.24) is 10.2 Å². The van der Waals surface area contributed by atoms with E-state index in [0.717, 1.165) is 54.4 Å². The van der Waals surface area contributed by atoms with Crippen LogP contribution in [-0.2, 0) is 24.2 Å². The molecule has 0 aliphatic carbocycles. The van der Waals surface area contributed by atoms with E-state index >= 15 is 0 Å². The third-order valence-electron chi connectivity index (χ3n) is 5.56. The van der Waals surface area contributed by atoms with Gasteiger partial charge in [0.05, 0.1) is 12.7 Å². The van der Waals surface area contributed by atoms with Crippen molar-refractivity contribution >= 4 is 22.8 Å². The van der Waals surface area contributed by atoms with Crippen molar-refractivity contribution in [3.05, 3.63) is 71.0 Å². The van der Waals surface area contributed by atoms with E-state index in [-0.39, 0.29) is 18.2 Å². The fourth-order valence-corrected chi connectivity index (χ4v) is 3.79. The molecule has 5 heteroatoms. The van der Waals surface area contributed by atoms with Crippen LogP contribution < -0.4 is 5.32 Å². The molecule has 1 aliphatic rings. The van der Waals surface area contributed by atoms with E-state index in [1.54, 1.807) is 6.26 Å². The molecule has 5 nitrogen and oxygen atoms in total. The smallest absolute Gasteiger partial charge is 0.253 e. The monoisotopic (exact) mass is 390 g/mol. The summed E-state index contributed by atoms with van der Waals surface area (Å²) in [6.45, 7) is 4.23. The van der Waals surface area contributed by atoms with Gasteiger partial charge in [-0.2, -0.15) is 0 Å². The van der Waals surface area contributed by atoms with Crippen molar-refractivity contribution in [3.8, 4) is 0 Å². The summed E-state index contributed by atoms with van der Waals surface area (Å²) in [6, 6.07) is 13.6. The first kappa shape index (κ1) is 19.2. The Kier molecular flexibility index (Phi) is 5.65. The fourth-order valence-electron chi connectivity index (χ4n) is 3.79. The van der Waals surface area contributed by atoms with E-state index in [9.17, 15) is 9.59 Å². The summed E-state index contributed by atoms with van der Waals surface area (Å²) < 4.78 is 5.62. The minimum absolute atomic E-state index is 0.0514. The predicted molar refractivity (Wildman–Crippen MR) is 113 cm³/mol. The van der Waals surface area contributed by atoms with Crippen LogP contribution in [0.5, 0.6) is 0 Å². The number of rotatable bonds is 6. The second-order valence-electron chi connectivity index (χ2n) is 7.59. The van der Waals surface area contributed by atoms with Gasteiger partial charge in [-0.1, -0.05) is 31.2 Å². The molecule has 0 unspecified atom stereocenters. The Balaban J connectivity index is 1.33. The van der Waals surface area contributed by atoms with Gasteiger partial charge in [-0.05, 0) is 48.6 Å². The topological polar surface area (TPSA) is 62.6 Å². The Morgan fingerprint density at radius 3 is 2.48 bits per heavy atom. The highest BCUT2D eigenvalue weighted by atomic mass is 16.3. The van der Waals surface area contributed by atoms with Gasteiger partial charge in [0.1, 0.15) is 5.58 Å². The first-order valence-electron chi connectivity index (χ1n) is 10.3. The summed E-state index contributed by atoms with van der Waals surface area (Å²) in [6.07, 6.45) is 5.07. The van der Waals surface area contributed by atoms with E-state index in [1.165, 1.54) is 5.56 Å². The molecule has 29 heavy (non-hydrogen) atoms. The molecule has 150 valence electrons. The number of nitrogens with one attached hydrogen (secondary N) is 1. The molecule has 3 aromatic rings. The molecule has 0 atom stereocenters. The van der Waals surface area contributed by atoms with Crippen LogP contribution in [-0.4, -0.2) is 29.8 Å². The lowest BCUT2D eigenvalue weighted by atomic mass is 10.1. The molecule has 1 fully saturated rings. The van der Waals surface area contributed by atoms with Crippen LogP contribution in [0.15, 0.2) is 53.1 Å². The molecule has 1 N–H and O–H groups in total. The van der Waals surface area contributed by atoms with Crippen molar-refractivity contribution in [2.24, 2.45) is 0 Å². The van der Waals surface area contributed by atoms with Gasteiger partial charge in [0, 0.05) is 36.1 Å². The number of amides is 2. The second-order valence-corrected chi connectivity index (χ2v) is 7.59. The summed E-state index contributed by atoms with van der Waals surface area (Å²) >= 11 is 0. The second kappa shape index (κ2) is 8.52. The van der Waals surface area contributed by atoms with Crippen LogP contribution in [0.4, 0.5) is 0 Å². The maximum absolute atomic E-state index is 12.4. The number of furan rings is 1. The summed E-state index contributed by atoms with van der Waals surface area (Å²) in [7, 11) is 0. The largest absolute Gasteiger partial charge is 0.464 e. The quantitative estimate of drug-likeness (QED) is 0.690. The minimum atomic E-state index is -0.0514. The molecule has 2 aromatic carbocycles. The lowest BCUT2D eigenvalue weighted by molar-refractivity contribution is -0.120.